The molecule has 154 valence electrons. The monoisotopic (exact) mass is 393 g/mol. The number of benzene rings is 1. The number of aromatic nitrogens is 4. The van der Waals surface area contributed by atoms with Crippen molar-refractivity contribution in [3.63, 3.8) is 0 Å². The Kier molecular flexibility index (Phi) is 6.24. The van der Waals surface area contributed by atoms with Crippen LogP contribution in [0.4, 0.5) is 11.8 Å². The number of hydrogen-bond donors (Lipinski definition) is 2. The molecule has 0 fully saturated rings. The molecule has 0 unspecified atom stereocenters. The maximum atomic E-state index is 4.88. The van der Waals surface area contributed by atoms with Crippen molar-refractivity contribution in [3.8, 4) is 0 Å². The highest BCUT2D eigenvalue weighted by Crippen LogP contribution is 2.32. The van der Waals surface area contributed by atoms with Gasteiger partial charge in [0.2, 0.25) is 5.95 Å². The number of nitrogens with one attached hydrogen (secondary N) is 2. The molecule has 0 bridgehead atoms. The van der Waals surface area contributed by atoms with Gasteiger partial charge in [0, 0.05) is 26.1 Å². The van der Waals surface area contributed by atoms with Crippen LogP contribution in [-0.4, -0.2) is 57.8 Å². The van der Waals surface area contributed by atoms with Crippen LogP contribution in [0.25, 0.3) is 11.0 Å². The van der Waals surface area contributed by atoms with Gasteiger partial charge in [-0.3, -0.25) is 5.10 Å². The molecule has 1 aliphatic heterocycles. The van der Waals surface area contributed by atoms with Crippen molar-refractivity contribution in [2.75, 3.05) is 42.9 Å². The number of rotatable bonds is 10. The van der Waals surface area contributed by atoms with Gasteiger partial charge in [0.15, 0.2) is 5.65 Å². The molecule has 0 saturated carbocycles. The summed E-state index contributed by atoms with van der Waals surface area (Å²) in [6.45, 7) is 10.5. The van der Waals surface area contributed by atoms with Crippen LogP contribution in [0, 0.1) is 0 Å². The largest absolute Gasteiger partial charge is 0.354 e. The predicted octanol–water partition coefficient (Wildman–Crippen LogP) is 3.45. The highest BCUT2D eigenvalue weighted by atomic mass is 15.3. The smallest absolute Gasteiger partial charge is 0.226 e. The minimum absolute atomic E-state index is 0.670. The molecule has 0 atom stereocenters. The molecule has 0 radical (unpaired) electrons. The Balaban J connectivity index is 1.48. The van der Waals surface area contributed by atoms with Crippen LogP contribution >= 0.6 is 0 Å². The summed E-state index contributed by atoms with van der Waals surface area (Å²) in [5.41, 5.74) is 3.19. The van der Waals surface area contributed by atoms with Crippen LogP contribution < -0.4 is 10.2 Å². The van der Waals surface area contributed by atoms with Crippen LogP contribution in [-0.2, 0) is 13.0 Å². The fraction of sp³-hybridized carbons (Fsp3) is 0.500. The van der Waals surface area contributed by atoms with E-state index in [1.807, 2.05) is 0 Å². The molecule has 29 heavy (non-hydrogen) atoms. The first kappa shape index (κ1) is 19.6. The number of aromatic amines is 1. The van der Waals surface area contributed by atoms with E-state index in [0.717, 1.165) is 74.7 Å². The Hall–Kier alpha value is -2.67. The lowest BCUT2D eigenvalue weighted by molar-refractivity contribution is 0.288. The Bertz CT molecular complexity index is 922. The van der Waals surface area contributed by atoms with Crippen LogP contribution in [0.3, 0.4) is 0 Å². The molecule has 4 rings (SSSR count). The molecule has 2 N–H and O–H groups in total. The van der Waals surface area contributed by atoms with Crippen molar-refractivity contribution in [1.29, 1.82) is 0 Å². The third kappa shape index (κ3) is 4.50. The number of anilines is 2. The lowest BCUT2D eigenvalue weighted by atomic mass is 10.1. The van der Waals surface area contributed by atoms with Gasteiger partial charge in [-0.2, -0.15) is 15.1 Å². The summed E-state index contributed by atoms with van der Waals surface area (Å²) in [5, 5.41) is 12.1. The molecule has 1 aromatic carbocycles. The summed E-state index contributed by atoms with van der Waals surface area (Å²) in [6, 6.07) is 10.6. The Morgan fingerprint density at radius 1 is 1.14 bits per heavy atom. The summed E-state index contributed by atoms with van der Waals surface area (Å²) in [5.74, 6) is 1.65. The summed E-state index contributed by atoms with van der Waals surface area (Å²) in [7, 11) is 0. The maximum absolute atomic E-state index is 4.88. The fourth-order valence-electron chi connectivity index (χ4n) is 4.01. The topological polar surface area (TPSA) is 73.0 Å². The van der Waals surface area contributed by atoms with Gasteiger partial charge in [0.1, 0.15) is 5.82 Å². The zero-order valence-corrected chi connectivity index (χ0v) is 17.5. The van der Waals surface area contributed by atoms with Gasteiger partial charge in [0.05, 0.1) is 11.1 Å². The van der Waals surface area contributed by atoms with E-state index in [4.69, 9.17) is 4.98 Å². The van der Waals surface area contributed by atoms with Crippen molar-refractivity contribution in [2.45, 2.75) is 39.7 Å². The van der Waals surface area contributed by atoms with E-state index in [2.05, 4.69) is 74.5 Å². The average molecular weight is 394 g/mol. The molecule has 7 nitrogen and oxygen atoms in total. The molecule has 2 aromatic heterocycles. The molecule has 0 amide bonds. The van der Waals surface area contributed by atoms with E-state index in [9.17, 15) is 0 Å². The number of hydrogen-bond acceptors (Lipinski definition) is 6. The zero-order valence-electron chi connectivity index (χ0n) is 17.5. The summed E-state index contributed by atoms with van der Waals surface area (Å²) in [6.07, 6.45) is 3.21. The van der Waals surface area contributed by atoms with E-state index < -0.39 is 0 Å². The van der Waals surface area contributed by atoms with Gasteiger partial charge in [0.25, 0.3) is 0 Å². The van der Waals surface area contributed by atoms with Crippen LogP contribution in [0.5, 0.6) is 0 Å². The van der Waals surface area contributed by atoms with Gasteiger partial charge >= 0.3 is 0 Å². The van der Waals surface area contributed by atoms with Crippen molar-refractivity contribution in [1.82, 2.24) is 25.1 Å². The van der Waals surface area contributed by atoms with Crippen molar-refractivity contribution < 1.29 is 0 Å². The van der Waals surface area contributed by atoms with E-state index >= 15 is 0 Å². The van der Waals surface area contributed by atoms with Crippen LogP contribution in [0.2, 0.25) is 0 Å². The summed E-state index contributed by atoms with van der Waals surface area (Å²) in [4.78, 5) is 14.4. The second-order valence-electron chi connectivity index (χ2n) is 7.64. The first-order chi connectivity index (χ1) is 14.3. The third-order valence-corrected chi connectivity index (χ3v) is 5.54. The first-order valence-electron chi connectivity index (χ1n) is 10.8. The van der Waals surface area contributed by atoms with Gasteiger partial charge in [-0.25, -0.2) is 0 Å². The van der Waals surface area contributed by atoms with Gasteiger partial charge in [-0.05, 0) is 38.0 Å². The van der Waals surface area contributed by atoms with E-state index in [1.54, 1.807) is 0 Å². The Morgan fingerprint density at radius 2 is 2.00 bits per heavy atom. The van der Waals surface area contributed by atoms with Crippen LogP contribution in [0.15, 0.2) is 30.3 Å². The molecular weight excluding hydrogens is 362 g/mol. The minimum Gasteiger partial charge on any atom is -0.354 e. The van der Waals surface area contributed by atoms with E-state index in [0.29, 0.717) is 5.95 Å². The van der Waals surface area contributed by atoms with Gasteiger partial charge < -0.3 is 15.1 Å². The van der Waals surface area contributed by atoms with Gasteiger partial charge in [-0.15, -0.1) is 0 Å². The molecule has 0 aliphatic carbocycles. The van der Waals surface area contributed by atoms with E-state index in [1.165, 1.54) is 12.0 Å². The molecule has 1 aliphatic rings. The molecule has 7 heteroatoms. The standard InChI is InChI=1S/C22H31N7/c1-3-13-28(4-2)14-8-12-23-22-24-20-19-18(26-27-20)11-15-29(21(19)25-22)16-17-9-6-5-7-10-17/h5-7,9-10H,3-4,8,11-16H2,1-2H3,(H2,23,24,25,26,27). The quantitative estimate of drug-likeness (QED) is 0.514. The first-order valence-corrected chi connectivity index (χ1v) is 10.8. The lowest BCUT2D eigenvalue weighted by Gasteiger charge is -2.28. The number of nitrogens with zero attached hydrogens (tertiary/aromatic N) is 5. The summed E-state index contributed by atoms with van der Waals surface area (Å²) < 4.78 is 0. The van der Waals surface area contributed by atoms with E-state index in [-0.39, 0.29) is 0 Å². The highest BCUT2D eigenvalue weighted by Gasteiger charge is 2.24. The molecule has 0 spiro atoms. The molecular formula is C22H31N7. The Labute approximate surface area is 172 Å². The lowest BCUT2D eigenvalue weighted by Crippen LogP contribution is -2.30. The molecule has 0 saturated heterocycles. The van der Waals surface area contributed by atoms with Crippen molar-refractivity contribution in [2.24, 2.45) is 0 Å². The molecule has 3 heterocycles. The minimum atomic E-state index is 0.670. The normalized spacial score (nSPS) is 13.4. The highest BCUT2D eigenvalue weighted by molar-refractivity contribution is 5.91. The maximum Gasteiger partial charge on any atom is 0.226 e. The number of H-pyrrole nitrogens is 1. The molecule has 3 aromatic rings. The van der Waals surface area contributed by atoms with Crippen LogP contribution in [0.1, 0.15) is 37.9 Å². The summed E-state index contributed by atoms with van der Waals surface area (Å²) >= 11 is 0. The second-order valence-corrected chi connectivity index (χ2v) is 7.64. The second kappa shape index (κ2) is 9.22. The zero-order chi connectivity index (χ0) is 20.1. The third-order valence-electron chi connectivity index (χ3n) is 5.54. The SMILES string of the molecule is CCCN(CC)CCCNc1nc2c3c([nH]nc3n1)CCN2Cc1ccccc1. The average Bonchev–Trinajstić information content (AvgIpc) is 3.17. The Morgan fingerprint density at radius 3 is 2.79 bits per heavy atom. The van der Waals surface area contributed by atoms with Crippen molar-refractivity contribution >= 4 is 22.8 Å². The van der Waals surface area contributed by atoms with Crippen molar-refractivity contribution in [3.05, 3.63) is 41.6 Å². The predicted molar refractivity (Wildman–Crippen MR) is 118 cm³/mol. The van der Waals surface area contributed by atoms with Gasteiger partial charge in [-0.1, -0.05) is 44.2 Å². The fourth-order valence-corrected chi connectivity index (χ4v) is 4.01.